The molecular weight excluding hydrogens is 348 g/mol. The summed E-state index contributed by atoms with van der Waals surface area (Å²) in [5.74, 6) is 0.575. The van der Waals surface area contributed by atoms with Crippen LogP contribution in [0.15, 0.2) is 73.3 Å². The van der Waals surface area contributed by atoms with Crippen LogP contribution in [0.5, 0.6) is 5.88 Å². The maximum absolute atomic E-state index is 6.29. The number of hydrogen-bond donors (Lipinski definition) is 2. The number of ether oxygens (including phenoxy) is 1. The lowest BCUT2D eigenvalue weighted by Crippen LogP contribution is -2.30. The summed E-state index contributed by atoms with van der Waals surface area (Å²) in [7, 11) is 0. The fraction of sp³-hybridized carbons (Fsp3) is 0.130. The van der Waals surface area contributed by atoms with Crippen LogP contribution in [0.2, 0.25) is 0 Å². The number of aromatic amines is 1. The molecule has 0 aliphatic rings. The Kier molecular flexibility index (Phi) is 5.45. The minimum absolute atomic E-state index is 0.114. The number of rotatable bonds is 7. The first-order chi connectivity index (χ1) is 13.8. The van der Waals surface area contributed by atoms with E-state index in [2.05, 4.69) is 27.1 Å². The van der Waals surface area contributed by atoms with E-state index in [1.807, 2.05) is 54.7 Å². The van der Waals surface area contributed by atoms with Gasteiger partial charge in [-0.05, 0) is 47.4 Å². The van der Waals surface area contributed by atoms with Crippen molar-refractivity contribution in [1.29, 1.82) is 0 Å². The number of benzene rings is 1. The molecular formula is C23H22N4O. The van der Waals surface area contributed by atoms with Gasteiger partial charge in [0.05, 0.1) is 0 Å². The first-order valence-corrected chi connectivity index (χ1v) is 9.25. The fourth-order valence-electron chi connectivity index (χ4n) is 3.11. The van der Waals surface area contributed by atoms with Crippen molar-refractivity contribution in [2.24, 2.45) is 5.73 Å². The van der Waals surface area contributed by atoms with Gasteiger partial charge in [0.25, 0.3) is 0 Å². The molecule has 0 fully saturated rings. The van der Waals surface area contributed by atoms with E-state index in [0.717, 1.165) is 23.1 Å². The van der Waals surface area contributed by atoms with Gasteiger partial charge in [-0.2, -0.15) is 0 Å². The molecule has 0 amide bonds. The third kappa shape index (κ3) is 4.45. The summed E-state index contributed by atoms with van der Waals surface area (Å²) >= 11 is 0. The summed E-state index contributed by atoms with van der Waals surface area (Å²) in [4.78, 5) is 11.6. The van der Waals surface area contributed by atoms with Crippen LogP contribution < -0.4 is 10.5 Å². The molecule has 0 aliphatic carbocycles. The average molecular weight is 370 g/mol. The number of pyridine rings is 2. The molecule has 5 heteroatoms. The second kappa shape index (κ2) is 8.50. The quantitative estimate of drug-likeness (QED) is 0.514. The van der Waals surface area contributed by atoms with Crippen molar-refractivity contribution in [2.75, 3.05) is 6.61 Å². The van der Waals surface area contributed by atoms with Crippen LogP contribution in [-0.2, 0) is 6.42 Å². The molecule has 1 aromatic carbocycles. The summed E-state index contributed by atoms with van der Waals surface area (Å²) in [6, 6.07) is 15.9. The van der Waals surface area contributed by atoms with Crippen LogP contribution in [-0.4, -0.2) is 27.6 Å². The summed E-state index contributed by atoms with van der Waals surface area (Å²) < 4.78 is 5.83. The molecule has 140 valence electrons. The van der Waals surface area contributed by atoms with Crippen molar-refractivity contribution in [3.8, 4) is 5.88 Å². The predicted molar refractivity (Wildman–Crippen MR) is 113 cm³/mol. The number of aromatic nitrogens is 3. The molecule has 4 aromatic rings. The van der Waals surface area contributed by atoms with Crippen LogP contribution >= 0.6 is 0 Å². The normalized spacial score (nSPS) is 12.5. The SMILES string of the molecule is N[C@H](COc1cc(/C=C/c2ccncc2)ccn1)Cc1c[nH]c2ccccc12. The average Bonchev–Trinajstić information content (AvgIpc) is 3.15. The molecule has 5 nitrogen and oxygen atoms in total. The Balaban J connectivity index is 1.36. The van der Waals surface area contributed by atoms with Gasteiger partial charge in [-0.3, -0.25) is 4.98 Å². The number of fused-ring (bicyclic) bond motifs is 1. The number of H-pyrrole nitrogens is 1. The van der Waals surface area contributed by atoms with E-state index in [-0.39, 0.29) is 6.04 Å². The molecule has 3 N–H and O–H groups in total. The van der Waals surface area contributed by atoms with Gasteiger partial charge in [-0.25, -0.2) is 4.98 Å². The smallest absolute Gasteiger partial charge is 0.213 e. The number of nitrogens with zero attached hydrogens (tertiary/aromatic N) is 2. The first-order valence-electron chi connectivity index (χ1n) is 9.25. The van der Waals surface area contributed by atoms with Gasteiger partial charge in [0, 0.05) is 47.8 Å². The maximum Gasteiger partial charge on any atom is 0.213 e. The van der Waals surface area contributed by atoms with E-state index in [9.17, 15) is 0 Å². The van der Waals surface area contributed by atoms with E-state index < -0.39 is 0 Å². The van der Waals surface area contributed by atoms with E-state index in [1.165, 1.54) is 10.9 Å². The minimum atomic E-state index is -0.114. The largest absolute Gasteiger partial charge is 0.476 e. The lowest BCUT2D eigenvalue weighted by atomic mass is 10.1. The third-order valence-electron chi connectivity index (χ3n) is 4.54. The molecule has 3 aromatic heterocycles. The number of hydrogen-bond acceptors (Lipinski definition) is 4. The second-order valence-corrected chi connectivity index (χ2v) is 6.68. The molecule has 0 saturated carbocycles. The number of nitrogens with two attached hydrogens (primary N) is 1. The van der Waals surface area contributed by atoms with E-state index in [0.29, 0.717) is 12.5 Å². The lowest BCUT2D eigenvalue weighted by molar-refractivity contribution is 0.277. The number of para-hydroxylation sites is 1. The molecule has 1 atom stereocenters. The second-order valence-electron chi connectivity index (χ2n) is 6.68. The Bertz CT molecular complexity index is 1070. The third-order valence-corrected chi connectivity index (χ3v) is 4.54. The van der Waals surface area contributed by atoms with Gasteiger partial charge >= 0.3 is 0 Å². The van der Waals surface area contributed by atoms with Gasteiger partial charge in [-0.15, -0.1) is 0 Å². The highest BCUT2D eigenvalue weighted by Crippen LogP contribution is 2.19. The van der Waals surface area contributed by atoms with Gasteiger partial charge in [0.15, 0.2) is 0 Å². The van der Waals surface area contributed by atoms with Crippen molar-refractivity contribution in [3.05, 3.63) is 90.0 Å². The lowest BCUT2D eigenvalue weighted by Gasteiger charge is -2.12. The zero-order valence-electron chi connectivity index (χ0n) is 15.5. The Morgan fingerprint density at radius 3 is 2.68 bits per heavy atom. The summed E-state index contributed by atoms with van der Waals surface area (Å²) in [5.41, 5.74) is 10.7. The highest BCUT2D eigenvalue weighted by atomic mass is 16.5. The zero-order chi connectivity index (χ0) is 19.2. The molecule has 0 unspecified atom stereocenters. The van der Waals surface area contributed by atoms with Crippen molar-refractivity contribution in [1.82, 2.24) is 15.0 Å². The summed E-state index contributed by atoms with van der Waals surface area (Å²) in [6.07, 6.45) is 12.1. The van der Waals surface area contributed by atoms with Gasteiger partial charge < -0.3 is 15.5 Å². The van der Waals surface area contributed by atoms with Crippen LogP contribution in [0.4, 0.5) is 0 Å². The van der Waals surface area contributed by atoms with E-state index in [1.54, 1.807) is 18.6 Å². The van der Waals surface area contributed by atoms with Crippen LogP contribution in [0.1, 0.15) is 16.7 Å². The van der Waals surface area contributed by atoms with Crippen LogP contribution in [0.3, 0.4) is 0 Å². The van der Waals surface area contributed by atoms with Crippen molar-refractivity contribution in [2.45, 2.75) is 12.5 Å². The van der Waals surface area contributed by atoms with Crippen molar-refractivity contribution in [3.63, 3.8) is 0 Å². The van der Waals surface area contributed by atoms with Crippen LogP contribution in [0.25, 0.3) is 23.1 Å². The van der Waals surface area contributed by atoms with E-state index in [4.69, 9.17) is 10.5 Å². The Labute approximate surface area is 163 Å². The monoisotopic (exact) mass is 370 g/mol. The van der Waals surface area contributed by atoms with Gasteiger partial charge in [-0.1, -0.05) is 30.4 Å². The Morgan fingerprint density at radius 1 is 1.00 bits per heavy atom. The van der Waals surface area contributed by atoms with Crippen LogP contribution in [0, 0.1) is 0 Å². The molecule has 0 saturated heterocycles. The summed E-state index contributed by atoms with van der Waals surface area (Å²) in [6.45, 7) is 0.407. The Morgan fingerprint density at radius 2 is 1.79 bits per heavy atom. The highest BCUT2D eigenvalue weighted by molar-refractivity contribution is 5.83. The fourth-order valence-corrected chi connectivity index (χ4v) is 3.11. The zero-order valence-corrected chi connectivity index (χ0v) is 15.5. The molecule has 28 heavy (non-hydrogen) atoms. The molecule has 0 spiro atoms. The molecule has 0 aliphatic heterocycles. The standard InChI is InChI=1S/C23H22N4O/c24-20(14-19-15-27-22-4-2-1-3-21(19)22)16-28-23-13-18(9-12-26-23)6-5-17-7-10-25-11-8-17/h1-13,15,20,27H,14,16,24H2/b6-5+/t20-/m0/s1. The predicted octanol–water partition coefficient (Wildman–Crippen LogP) is 4.08. The topological polar surface area (TPSA) is 76.8 Å². The van der Waals surface area contributed by atoms with Crippen molar-refractivity contribution >= 4 is 23.1 Å². The minimum Gasteiger partial charge on any atom is -0.476 e. The van der Waals surface area contributed by atoms with Crippen molar-refractivity contribution < 1.29 is 4.74 Å². The highest BCUT2D eigenvalue weighted by Gasteiger charge is 2.10. The maximum atomic E-state index is 6.29. The molecule has 0 radical (unpaired) electrons. The van der Waals surface area contributed by atoms with Gasteiger partial charge in [0.2, 0.25) is 5.88 Å². The Hall–Kier alpha value is -3.44. The molecule has 3 heterocycles. The first kappa shape index (κ1) is 17.9. The molecule has 0 bridgehead atoms. The number of nitrogens with one attached hydrogen (secondary N) is 1. The molecule has 4 rings (SSSR count). The van der Waals surface area contributed by atoms with Gasteiger partial charge in [0.1, 0.15) is 6.61 Å². The summed E-state index contributed by atoms with van der Waals surface area (Å²) in [5, 5.41) is 1.21. The van der Waals surface area contributed by atoms with E-state index >= 15 is 0 Å².